The topological polar surface area (TPSA) is 76.3 Å². The number of nitrogens with one attached hydrogen (secondary N) is 1. The van der Waals surface area contributed by atoms with Gasteiger partial charge in [0.05, 0.1) is 20.3 Å². The van der Waals surface area contributed by atoms with Gasteiger partial charge < -0.3 is 5.73 Å². The average molecular weight is 360 g/mol. The fourth-order valence-electron chi connectivity index (χ4n) is 2.57. The van der Waals surface area contributed by atoms with Crippen molar-refractivity contribution in [3.63, 3.8) is 0 Å². The van der Waals surface area contributed by atoms with Crippen LogP contribution in [-0.4, -0.2) is 16.7 Å². The monoisotopic (exact) mass is 360 g/mol. The highest BCUT2D eigenvalue weighted by Crippen LogP contribution is 2.08. The molecule has 27 heavy (non-hydrogen) atoms. The van der Waals surface area contributed by atoms with Crippen molar-refractivity contribution in [1.29, 1.82) is 0 Å². The Morgan fingerprint density at radius 2 is 1.74 bits per heavy atom. The first kappa shape index (κ1) is 18.1. The number of hydrazone groups is 1. The molecule has 0 spiro atoms. The van der Waals surface area contributed by atoms with Crippen molar-refractivity contribution in [2.24, 2.45) is 19.2 Å². The Balaban J connectivity index is 1.59. The van der Waals surface area contributed by atoms with Gasteiger partial charge in [-0.2, -0.15) is 5.10 Å². The second kappa shape index (κ2) is 8.14. The van der Waals surface area contributed by atoms with Crippen molar-refractivity contribution in [2.75, 3.05) is 5.73 Å². The molecule has 3 N–H and O–H groups in total. The first-order valence-electron chi connectivity index (χ1n) is 8.51. The summed E-state index contributed by atoms with van der Waals surface area (Å²) < 4.78 is 4.11. The van der Waals surface area contributed by atoms with E-state index in [0.717, 1.165) is 17.0 Å². The van der Waals surface area contributed by atoms with Gasteiger partial charge in [-0.05, 0) is 41.5 Å². The van der Waals surface area contributed by atoms with Gasteiger partial charge in [0.2, 0.25) is 0 Å². The molecule has 1 heterocycles. The molecular weight excluding hydrogens is 338 g/mol. The highest BCUT2D eigenvalue weighted by molar-refractivity contribution is 5.95. The minimum atomic E-state index is -0.277. The molecule has 0 aliphatic rings. The van der Waals surface area contributed by atoms with E-state index in [9.17, 15) is 4.79 Å². The number of nitrogen functional groups attached to an aromatic ring is 1. The van der Waals surface area contributed by atoms with Crippen LogP contribution in [0.1, 0.15) is 27.3 Å². The van der Waals surface area contributed by atoms with Crippen LogP contribution in [-0.2, 0) is 14.1 Å². The highest BCUT2D eigenvalue weighted by Gasteiger charge is 2.06. The number of rotatable bonds is 5. The summed E-state index contributed by atoms with van der Waals surface area (Å²) in [4.78, 5) is 12.0. The largest absolute Gasteiger partial charge is 0.399 e. The Morgan fingerprint density at radius 3 is 2.37 bits per heavy atom. The number of benzene rings is 2. The van der Waals surface area contributed by atoms with Gasteiger partial charge in [-0.15, -0.1) is 0 Å². The maximum atomic E-state index is 12.0. The molecule has 136 valence electrons. The van der Waals surface area contributed by atoms with Crippen molar-refractivity contribution in [1.82, 2.24) is 9.99 Å². The third-order valence-electron chi connectivity index (χ3n) is 4.15. The molecule has 0 unspecified atom stereocenters. The molecule has 6 heteroatoms. The Hall–Kier alpha value is -3.67. The van der Waals surface area contributed by atoms with E-state index in [0.29, 0.717) is 11.3 Å². The summed E-state index contributed by atoms with van der Waals surface area (Å²) in [5, 5.41) is 4.00. The number of hydrogen-bond acceptors (Lipinski definition) is 3. The van der Waals surface area contributed by atoms with Crippen LogP contribution in [0.2, 0.25) is 0 Å². The summed E-state index contributed by atoms with van der Waals surface area (Å²) in [5.74, 6) is 0.826. The zero-order valence-electron chi connectivity index (χ0n) is 15.3. The van der Waals surface area contributed by atoms with Crippen LogP contribution >= 0.6 is 0 Å². The Kier molecular flexibility index (Phi) is 5.47. The number of anilines is 1. The summed E-state index contributed by atoms with van der Waals surface area (Å²) in [5.41, 5.74) is 11.2. The number of nitrogens with zero attached hydrogens (tertiary/aromatic N) is 3. The van der Waals surface area contributed by atoms with Gasteiger partial charge in [0.15, 0.2) is 0 Å². The maximum Gasteiger partial charge on any atom is 0.280 e. The van der Waals surface area contributed by atoms with Crippen LogP contribution in [0.25, 0.3) is 12.2 Å². The SMILES string of the molecule is Cn1cc[n+](C)c1/C=C/c1ccc(/C=N/NC(=O)c2ccc(N)cc2)cc1. The number of imidazole rings is 1. The standard InChI is InChI=1S/C21H21N5O/c1-25-13-14-26(2)20(25)12-7-16-3-5-17(6-4-16)15-23-24-21(27)18-8-10-19(22)11-9-18/h3-15H,1-2H3,(H2,22,27)/p+1. The molecular formula is C21H22N5O+. The number of carbonyl (C=O) groups excluding carboxylic acids is 1. The highest BCUT2D eigenvalue weighted by atomic mass is 16.2. The van der Waals surface area contributed by atoms with Crippen LogP contribution in [0.3, 0.4) is 0 Å². The molecule has 1 aromatic heterocycles. The van der Waals surface area contributed by atoms with Gasteiger partial charge in [0, 0.05) is 17.3 Å². The predicted octanol–water partition coefficient (Wildman–Crippen LogP) is 2.37. The quantitative estimate of drug-likeness (QED) is 0.317. The van der Waals surface area contributed by atoms with Crippen LogP contribution in [0, 0.1) is 0 Å². The van der Waals surface area contributed by atoms with Crippen LogP contribution in [0.5, 0.6) is 0 Å². The summed E-state index contributed by atoms with van der Waals surface area (Å²) in [6.07, 6.45) is 9.75. The van der Waals surface area contributed by atoms with Crippen LogP contribution in [0.15, 0.2) is 66.0 Å². The molecule has 2 aromatic carbocycles. The van der Waals surface area contributed by atoms with E-state index in [1.54, 1.807) is 30.5 Å². The smallest absolute Gasteiger partial charge is 0.280 e. The second-order valence-corrected chi connectivity index (χ2v) is 6.20. The summed E-state index contributed by atoms with van der Waals surface area (Å²) in [7, 11) is 4.02. The first-order valence-corrected chi connectivity index (χ1v) is 8.51. The Bertz CT molecular complexity index is 963. The summed E-state index contributed by atoms with van der Waals surface area (Å²) >= 11 is 0. The fraction of sp³-hybridized carbons (Fsp3) is 0.0952. The van der Waals surface area contributed by atoms with E-state index in [4.69, 9.17) is 5.73 Å². The van der Waals surface area contributed by atoms with E-state index in [1.165, 1.54) is 0 Å². The third-order valence-corrected chi connectivity index (χ3v) is 4.15. The van der Waals surface area contributed by atoms with E-state index >= 15 is 0 Å². The first-order chi connectivity index (χ1) is 13.0. The zero-order valence-corrected chi connectivity index (χ0v) is 15.3. The van der Waals surface area contributed by atoms with E-state index in [-0.39, 0.29) is 5.91 Å². The lowest BCUT2D eigenvalue weighted by Crippen LogP contribution is -2.29. The minimum Gasteiger partial charge on any atom is -0.399 e. The second-order valence-electron chi connectivity index (χ2n) is 6.20. The molecule has 0 saturated heterocycles. The Labute approximate surface area is 158 Å². The van der Waals surface area contributed by atoms with Crippen molar-refractivity contribution >= 4 is 30.0 Å². The number of aryl methyl sites for hydroxylation is 2. The van der Waals surface area contributed by atoms with E-state index in [2.05, 4.69) is 31.8 Å². The Morgan fingerprint density at radius 1 is 1.07 bits per heavy atom. The van der Waals surface area contributed by atoms with Crippen molar-refractivity contribution < 1.29 is 9.36 Å². The van der Waals surface area contributed by atoms with Gasteiger partial charge in [-0.1, -0.05) is 24.3 Å². The number of hydrogen-bond donors (Lipinski definition) is 2. The molecule has 0 atom stereocenters. The van der Waals surface area contributed by atoms with Crippen molar-refractivity contribution in [3.8, 4) is 0 Å². The van der Waals surface area contributed by atoms with E-state index < -0.39 is 0 Å². The fourth-order valence-corrected chi connectivity index (χ4v) is 2.57. The number of amides is 1. The van der Waals surface area contributed by atoms with Crippen LogP contribution < -0.4 is 15.7 Å². The van der Waals surface area contributed by atoms with Crippen molar-refractivity contribution in [2.45, 2.75) is 0 Å². The molecule has 6 nitrogen and oxygen atoms in total. The average Bonchev–Trinajstić information content (AvgIpc) is 2.99. The minimum absolute atomic E-state index is 0.277. The van der Waals surface area contributed by atoms with Gasteiger partial charge in [-0.3, -0.25) is 4.79 Å². The maximum absolute atomic E-state index is 12.0. The van der Waals surface area contributed by atoms with E-state index in [1.807, 2.05) is 50.8 Å². The molecule has 3 rings (SSSR count). The molecule has 0 bridgehead atoms. The zero-order chi connectivity index (χ0) is 19.2. The molecule has 0 fully saturated rings. The number of nitrogens with two attached hydrogens (primary N) is 1. The van der Waals surface area contributed by atoms with Gasteiger partial charge in [0.1, 0.15) is 12.4 Å². The van der Waals surface area contributed by atoms with Crippen LogP contribution in [0.4, 0.5) is 5.69 Å². The molecule has 1 amide bonds. The van der Waals surface area contributed by atoms with Crippen molar-refractivity contribution in [3.05, 3.63) is 83.4 Å². The van der Waals surface area contributed by atoms with Gasteiger partial charge >= 0.3 is 0 Å². The van der Waals surface area contributed by atoms with Gasteiger partial charge in [0.25, 0.3) is 11.7 Å². The van der Waals surface area contributed by atoms with Gasteiger partial charge in [-0.25, -0.2) is 14.6 Å². The molecule has 0 saturated carbocycles. The molecule has 0 aliphatic heterocycles. The number of carbonyl (C=O) groups is 1. The molecule has 0 aliphatic carbocycles. The predicted molar refractivity (Wildman–Crippen MR) is 108 cm³/mol. The normalized spacial score (nSPS) is 11.3. The lowest BCUT2D eigenvalue weighted by atomic mass is 10.1. The third kappa shape index (κ3) is 4.70. The summed E-state index contributed by atoms with van der Waals surface area (Å²) in [6.45, 7) is 0. The lowest BCUT2D eigenvalue weighted by Gasteiger charge is -2.00. The number of aromatic nitrogens is 2. The lowest BCUT2D eigenvalue weighted by molar-refractivity contribution is -0.672. The summed E-state index contributed by atoms with van der Waals surface area (Å²) in [6, 6.07) is 14.6. The molecule has 3 aromatic rings. The molecule has 0 radical (unpaired) electrons.